The molecule has 0 spiro atoms. The van der Waals surface area contributed by atoms with Crippen LogP contribution in [-0.2, 0) is 0 Å². The predicted octanol–water partition coefficient (Wildman–Crippen LogP) is 4.03. The molecule has 0 radical (unpaired) electrons. The van der Waals surface area contributed by atoms with Crippen LogP contribution in [0.4, 0.5) is 24.9 Å². The lowest BCUT2D eigenvalue weighted by molar-refractivity contribution is -0.115. The van der Waals surface area contributed by atoms with Crippen molar-refractivity contribution >= 4 is 28.6 Å². The van der Waals surface area contributed by atoms with Gasteiger partial charge in [-0.15, -0.1) is 0 Å². The summed E-state index contributed by atoms with van der Waals surface area (Å²) in [5, 5.41) is 8.84. The smallest absolute Gasteiger partial charge is 0.369 e. The first-order chi connectivity index (χ1) is 17.2. The molecule has 0 aliphatic heterocycles. The molecule has 0 unspecified atom stereocenters. The molecule has 0 aliphatic rings. The SMILES string of the molecule is CNC(=O)c1ccnc2c([C@H](C)CNc3cc(-c4cnc(NCC(F)(F)F)nc4)ncn3)cccc12. The minimum Gasteiger partial charge on any atom is -0.369 e. The summed E-state index contributed by atoms with van der Waals surface area (Å²) in [4.78, 5) is 33.0. The Hall–Kier alpha value is -4.35. The number of nitrogens with zero attached hydrogens (tertiary/aromatic N) is 5. The highest BCUT2D eigenvalue weighted by Crippen LogP contribution is 2.27. The summed E-state index contributed by atoms with van der Waals surface area (Å²) in [5.74, 6) is 0.291. The monoisotopic (exact) mass is 496 g/mol. The van der Waals surface area contributed by atoms with Crippen molar-refractivity contribution in [2.75, 3.05) is 30.8 Å². The number of amides is 1. The van der Waals surface area contributed by atoms with Crippen molar-refractivity contribution in [3.8, 4) is 11.3 Å². The Morgan fingerprint density at radius 3 is 2.53 bits per heavy atom. The van der Waals surface area contributed by atoms with E-state index in [0.29, 0.717) is 29.2 Å². The second kappa shape index (κ2) is 10.5. The lowest BCUT2D eigenvalue weighted by Crippen LogP contribution is -2.22. The van der Waals surface area contributed by atoms with Crippen molar-refractivity contribution in [3.05, 3.63) is 66.4 Å². The van der Waals surface area contributed by atoms with Crippen LogP contribution < -0.4 is 16.0 Å². The van der Waals surface area contributed by atoms with E-state index in [1.807, 2.05) is 25.1 Å². The van der Waals surface area contributed by atoms with Crippen molar-refractivity contribution in [1.82, 2.24) is 30.2 Å². The lowest BCUT2D eigenvalue weighted by Gasteiger charge is -2.16. The molecule has 1 atom stereocenters. The number of aromatic nitrogens is 5. The molecule has 12 heteroatoms. The Morgan fingerprint density at radius 2 is 1.81 bits per heavy atom. The largest absolute Gasteiger partial charge is 0.405 e. The highest BCUT2D eigenvalue weighted by atomic mass is 19.4. The van der Waals surface area contributed by atoms with Crippen molar-refractivity contribution in [1.29, 1.82) is 0 Å². The maximum Gasteiger partial charge on any atom is 0.405 e. The van der Waals surface area contributed by atoms with E-state index in [1.165, 1.54) is 18.7 Å². The topological polar surface area (TPSA) is 118 Å². The number of hydrogen-bond donors (Lipinski definition) is 3. The summed E-state index contributed by atoms with van der Waals surface area (Å²) in [6.45, 7) is 1.35. The molecule has 0 saturated carbocycles. The molecule has 3 heterocycles. The average molecular weight is 496 g/mol. The van der Waals surface area contributed by atoms with E-state index in [0.717, 1.165) is 16.5 Å². The van der Waals surface area contributed by atoms with Gasteiger partial charge in [0, 0.05) is 55.1 Å². The second-order valence-electron chi connectivity index (χ2n) is 8.02. The number of rotatable bonds is 8. The second-order valence-corrected chi connectivity index (χ2v) is 8.02. The van der Waals surface area contributed by atoms with Crippen LogP contribution in [-0.4, -0.2) is 57.1 Å². The number of fused-ring (bicyclic) bond motifs is 1. The van der Waals surface area contributed by atoms with E-state index in [-0.39, 0.29) is 17.8 Å². The molecule has 36 heavy (non-hydrogen) atoms. The molecule has 0 bridgehead atoms. The number of pyridine rings is 1. The fourth-order valence-electron chi connectivity index (χ4n) is 3.64. The number of carbonyl (C=O) groups is 1. The first-order valence-electron chi connectivity index (χ1n) is 11.0. The zero-order chi connectivity index (χ0) is 25.7. The third kappa shape index (κ3) is 5.82. The van der Waals surface area contributed by atoms with Crippen molar-refractivity contribution < 1.29 is 18.0 Å². The summed E-state index contributed by atoms with van der Waals surface area (Å²) in [7, 11) is 1.59. The van der Waals surface area contributed by atoms with Crippen LogP contribution in [0.1, 0.15) is 28.8 Å². The number of benzene rings is 1. The van der Waals surface area contributed by atoms with Crippen molar-refractivity contribution in [3.63, 3.8) is 0 Å². The molecular weight excluding hydrogens is 473 g/mol. The summed E-state index contributed by atoms with van der Waals surface area (Å²) >= 11 is 0. The van der Waals surface area contributed by atoms with Crippen LogP contribution in [0.3, 0.4) is 0 Å². The number of carbonyl (C=O) groups excluding carboxylic acids is 1. The van der Waals surface area contributed by atoms with Crippen LogP contribution in [0, 0.1) is 0 Å². The van der Waals surface area contributed by atoms with Gasteiger partial charge in [0.25, 0.3) is 5.91 Å². The van der Waals surface area contributed by atoms with Gasteiger partial charge in [0.15, 0.2) is 0 Å². The average Bonchev–Trinajstić information content (AvgIpc) is 2.89. The van der Waals surface area contributed by atoms with Crippen molar-refractivity contribution in [2.45, 2.75) is 19.0 Å². The Kier molecular flexibility index (Phi) is 7.23. The maximum absolute atomic E-state index is 12.3. The van der Waals surface area contributed by atoms with Gasteiger partial charge in [0.1, 0.15) is 18.7 Å². The van der Waals surface area contributed by atoms with Crippen molar-refractivity contribution in [2.24, 2.45) is 0 Å². The van der Waals surface area contributed by atoms with E-state index in [2.05, 4.69) is 40.9 Å². The minimum absolute atomic E-state index is 0.0295. The first kappa shape index (κ1) is 24.8. The number of anilines is 2. The van der Waals surface area contributed by atoms with Gasteiger partial charge in [-0.1, -0.05) is 25.1 Å². The zero-order valence-corrected chi connectivity index (χ0v) is 19.5. The number of nitrogens with one attached hydrogen (secondary N) is 3. The van der Waals surface area contributed by atoms with Gasteiger partial charge in [0.05, 0.1) is 16.8 Å². The van der Waals surface area contributed by atoms with E-state index in [1.54, 1.807) is 25.4 Å². The molecule has 1 aromatic carbocycles. The molecule has 0 aliphatic carbocycles. The van der Waals surface area contributed by atoms with Gasteiger partial charge in [0.2, 0.25) is 5.95 Å². The maximum atomic E-state index is 12.3. The Labute approximate surface area is 204 Å². The summed E-state index contributed by atoms with van der Waals surface area (Å²) in [5.41, 5.74) is 3.35. The van der Waals surface area contributed by atoms with E-state index >= 15 is 0 Å². The minimum atomic E-state index is -4.36. The summed E-state index contributed by atoms with van der Waals surface area (Å²) in [6, 6.07) is 9.15. The van der Waals surface area contributed by atoms with Gasteiger partial charge in [-0.05, 0) is 11.6 Å². The molecular formula is C24H23F3N8O. The molecule has 9 nitrogen and oxygen atoms in total. The number of hydrogen-bond acceptors (Lipinski definition) is 8. The predicted molar refractivity (Wildman–Crippen MR) is 130 cm³/mol. The first-order valence-corrected chi connectivity index (χ1v) is 11.0. The zero-order valence-electron chi connectivity index (χ0n) is 19.5. The summed E-state index contributed by atoms with van der Waals surface area (Å²) < 4.78 is 37.0. The number of para-hydroxylation sites is 1. The molecule has 0 saturated heterocycles. The number of halogens is 3. The summed E-state index contributed by atoms with van der Waals surface area (Å²) in [6.07, 6.45) is 1.44. The van der Waals surface area contributed by atoms with E-state index in [4.69, 9.17) is 0 Å². The van der Waals surface area contributed by atoms with Crippen LogP contribution >= 0.6 is 0 Å². The van der Waals surface area contributed by atoms with Gasteiger partial charge in [-0.3, -0.25) is 9.78 Å². The quantitative estimate of drug-likeness (QED) is 0.335. The third-order valence-electron chi connectivity index (χ3n) is 5.46. The highest BCUT2D eigenvalue weighted by Gasteiger charge is 2.27. The van der Waals surface area contributed by atoms with Gasteiger partial charge in [-0.2, -0.15) is 13.2 Å². The van der Waals surface area contributed by atoms with Crippen LogP contribution in [0.5, 0.6) is 0 Å². The Morgan fingerprint density at radius 1 is 1.03 bits per heavy atom. The van der Waals surface area contributed by atoms with E-state index in [9.17, 15) is 18.0 Å². The molecule has 3 aromatic heterocycles. The van der Waals surface area contributed by atoms with Gasteiger partial charge < -0.3 is 16.0 Å². The van der Waals surface area contributed by atoms with Gasteiger partial charge >= 0.3 is 6.18 Å². The fourth-order valence-corrected chi connectivity index (χ4v) is 3.64. The fraction of sp³-hybridized carbons (Fsp3) is 0.250. The molecule has 1 amide bonds. The van der Waals surface area contributed by atoms with E-state index < -0.39 is 12.7 Å². The normalized spacial score (nSPS) is 12.2. The standard InChI is InChI=1S/C24H23F3N8O/c1-14(16-4-3-5-17-18(22(36)28-2)6-7-29-21(16)17)9-30-20-8-19(34-13-35-20)15-10-31-23(32-11-15)33-12-24(25,26)27/h3-8,10-11,13-14H,9,12H2,1-2H3,(H,28,36)(H,30,34,35)(H,31,32,33)/t14-/m1/s1. The highest BCUT2D eigenvalue weighted by molar-refractivity contribution is 6.06. The number of alkyl halides is 3. The van der Waals surface area contributed by atoms with Gasteiger partial charge in [-0.25, -0.2) is 19.9 Å². The Bertz CT molecular complexity index is 1360. The van der Waals surface area contributed by atoms with Crippen LogP contribution in [0.15, 0.2) is 55.2 Å². The molecule has 4 aromatic rings. The molecule has 3 N–H and O–H groups in total. The van der Waals surface area contributed by atoms with Crippen LogP contribution in [0.2, 0.25) is 0 Å². The molecule has 4 rings (SSSR count). The third-order valence-corrected chi connectivity index (χ3v) is 5.46. The molecule has 186 valence electrons. The molecule has 0 fully saturated rings. The Balaban J connectivity index is 1.46. The lowest BCUT2D eigenvalue weighted by atomic mass is 9.96. The van der Waals surface area contributed by atoms with Crippen LogP contribution in [0.25, 0.3) is 22.2 Å².